The summed E-state index contributed by atoms with van der Waals surface area (Å²) in [6.07, 6.45) is 0. The van der Waals surface area contributed by atoms with Crippen LogP contribution in [0.4, 0.5) is 0 Å². The Morgan fingerprint density at radius 3 is 1.94 bits per heavy atom. The van der Waals surface area contributed by atoms with Crippen molar-refractivity contribution in [2.45, 2.75) is 39.4 Å². The molecule has 0 spiro atoms. The van der Waals surface area contributed by atoms with Gasteiger partial charge in [-0.3, -0.25) is 13.8 Å². The van der Waals surface area contributed by atoms with E-state index in [2.05, 4.69) is 15.9 Å². The van der Waals surface area contributed by atoms with Crippen molar-refractivity contribution in [3.05, 3.63) is 0 Å². The van der Waals surface area contributed by atoms with Crippen LogP contribution in [0.25, 0.3) is 0 Å². The number of alkyl halides is 1. The molecule has 0 bridgehead atoms. The van der Waals surface area contributed by atoms with Gasteiger partial charge in [-0.25, -0.2) is 4.57 Å². The molecule has 0 aliphatic carbocycles. The van der Waals surface area contributed by atoms with Crippen LogP contribution in [0.3, 0.4) is 0 Å². The number of carbonyl (C=O) groups is 1. The molecule has 0 rings (SSSR count). The zero-order chi connectivity index (χ0) is 13.7. The fourth-order valence-corrected chi connectivity index (χ4v) is 2.29. The van der Waals surface area contributed by atoms with Crippen LogP contribution in [0, 0.1) is 5.41 Å². The van der Waals surface area contributed by atoms with Gasteiger partial charge in [-0.1, -0.05) is 36.7 Å². The highest BCUT2D eigenvalue weighted by Gasteiger charge is 2.37. The van der Waals surface area contributed by atoms with Crippen LogP contribution in [0.5, 0.6) is 0 Å². The Kier molecular flexibility index (Phi) is 6.92. The second-order valence-corrected chi connectivity index (χ2v) is 6.93. The highest BCUT2D eigenvalue weighted by molar-refractivity contribution is 9.10. The van der Waals surface area contributed by atoms with Gasteiger partial charge in [0.05, 0.1) is 13.2 Å². The van der Waals surface area contributed by atoms with Gasteiger partial charge in [0.15, 0.2) is 0 Å². The minimum atomic E-state index is -3.78. The number of carbonyl (C=O) groups excluding carboxylic acids is 1. The highest BCUT2D eigenvalue weighted by Crippen LogP contribution is 2.50. The molecule has 0 aliphatic heterocycles. The summed E-state index contributed by atoms with van der Waals surface area (Å²) >= 11 is 3.21. The van der Waals surface area contributed by atoms with E-state index >= 15 is 0 Å². The topological polar surface area (TPSA) is 61.8 Å². The summed E-state index contributed by atoms with van der Waals surface area (Å²) in [6.45, 7) is 9.17. The SMILES string of the molecule is CCOP(=O)(OCC)OC(=O)C(Br)C(C)(C)C. The summed E-state index contributed by atoms with van der Waals surface area (Å²) in [5, 5.41) is 0. The Balaban J connectivity index is 4.68. The van der Waals surface area contributed by atoms with Crippen molar-refractivity contribution in [2.75, 3.05) is 13.2 Å². The third-order valence-corrected chi connectivity index (χ3v) is 5.04. The van der Waals surface area contributed by atoms with Crippen molar-refractivity contribution in [2.24, 2.45) is 5.41 Å². The predicted molar refractivity (Wildman–Crippen MR) is 69.1 cm³/mol. The Hall–Kier alpha value is 0.100. The second-order valence-electron chi connectivity index (χ2n) is 4.42. The lowest BCUT2D eigenvalue weighted by atomic mass is 9.92. The molecule has 7 heteroatoms. The molecule has 0 aromatic heterocycles. The van der Waals surface area contributed by atoms with Crippen LogP contribution < -0.4 is 0 Å². The maximum Gasteiger partial charge on any atom is 0.532 e. The largest absolute Gasteiger partial charge is 0.532 e. The van der Waals surface area contributed by atoms with Crippen LogP contribution in [0.1, 0.15) is 34.6 Å². The lowest BCUT2D eigenvalue weighted by molar-refractivity contribution is -0.137. The molecule has 1 unspecified atom stereocenters. The minimum Gasteiger partial charge on any atom is -0.370 e. The fraction of sp³-hybridized carbons (Fsp3) is 0.900. The van der Waals surface area contributed by atoms with Crippen molar-refractivity contribution >= 4 is 29.7 Å². The van der Waals surface area contributed by atoms with E-state index in [1.807, 2.05) is 20.8 Å². The summed E-state index contributed by atoms with van der Waals surface area (Å²) in [4.78, 5) is 11.2. The molecule has 0 N–H and O–H groups in total. The average Bonchev–Trinajstić information content (AvgIpc) is 2.15. The minimum absolute atomic E-state index is 0.146. The fourth-order valence-electron chi connectivity index (χ4n) is 0.916. The molecule has 17 heavy (non-hydrogen) atoms. The first-order chi connectivity index (χ1) is 7.66. The molecule has 0 saturated heterocycles. The molecule has 1 atom stereocenters. The molecule has 102 valence electrons. The van der Waals surface area contributed by atoms with Gasteiger partial charge in [0.1, 0.15) is 4.83 Å². The summed E-state index contributed by atoms with van der Waals surface area (Å²) in [7, 11) is -3.78. The number of rotatable bonds is 6. The molecule has 0 radical (unpaired) electrons. The molecule has 0 amide bonds. The molecule has 0 aromatic carbocycles. The predicted octanol–water partition coefficient (Wildman–Crippen LogP) is 3.52. The maximum absolute atomic E-state index is 11.9. The highest BCUT2D eigenvalue weighted by atomic mass is 79.9. The zero-order valence-electron chi connectivity index (χ0n) is 10.9. The van der Waals surface area contributed by atoms with Crippen molar-refractivity contribution < 1.29 is 22.9 Å². The summed E-state index contributed by atoms with van der Waals surface area (Å²) < 4.78 is 26.5. The van der Waals surface area contributed by atoms with Crippen LogP contribution >= 0.6 is 23.8 Å². The van der Waals surface area contributed by atoms with Crippen molar-refractivity contribution in [3.8, 4) is 0 Å². The van der Waals surface area contributed by atoms with E-state index in [4.69, 9.17) is 13.6 Å². The third kappa shape index (κ3) is 6.00. The van der Waals surface area contributed by atoms with Gasteiger partial charge in [0.25, 0.3) is 0 Å². The quantitative estimate of drug-likeness (QED) is 0.550. The van der Waals surface area contributed by atoms with E-state index in [1.54, 1.807) is 13.8 Å². The van der Waals surface area contributed by atoms with Crippen LogP contribution in [-0.4, -0.2) is 24.0 Å². The van der Waals surface area contributed by atoms with Gasteiger partial charge in [-0.2, -0.15) is 0 Å². The first-order valence-electron chi connectivity index (χ1n) is 5.43. The van der Waals surface area contributed by atoms with Crippen LogP contribution in [-0.2, 0) is 22.9 Å². The molecular formula is C10H20BrO5P. The lowest BCUT2D eigenvalue weighted by Gasteiger charge is -2.25. The maximum atomic E-state index is 11.9. The van der Waals surface area contributed by atoms with Gasteiger partial charge in [-0.05, 0) is 19.3 Å². The smallest absolute Gasteiger partial charge is 0.370 e. The number of halogens is 1. The van der Waals surface area contributed by atoms with E-state index in [1.165, 1.54) is 0 Å². The van der Waals surface area contributed by atoms with Gasteiger partial charge >= 0.3 is 13.8 Å². The van der Waals surface area contributed by atoms with Crippen LogP contribution in [0.2, 0.25) is 0 Å². The van der Waals surface area contributed by atoms with Crippen LogP contribution in [0.15, 0.2) is 0 Å². The lowest BCUT2D eigenvalue weighted by Crippen LogP contribution is -2.30. The van der Waals surface area contributed by atoms with Crippen molar-refractivity contribution in [1.29, 1.82) is 0 Å². The molecule has 0 heterocycles. The summed E-state index contributed by atoms with van der Waals surface area (Å²) in [5.74, 6) is -0.650. The third-order valence-electron chi connectivity index (χ3n) is 1.74. The number of hydrogen-bond acceptors (Lipinski definition) is 5. The monoisotopic (exact) mass is 330 g/mol. The number of phosphoric acid groups is 1. The molecule has 0 fully saturated rings. The number of hydrogen-bond donors (Lipinski definition) is 0. The molecular weight excluding hydrogens is 311 g/mol. The second kappa shape index (κ2) is 6.88. The summed E-state index contributed by atoms with van der Waals surface area (Å²) in [5.41, 5.74) is -0.347. The van der Waals surface area contributed by atoms with Gasteiger partial charge < -0.3 is 4.52 Å². The average molecular weight is 331 g/mol. The van der Waals surface area contributed by atoms with Gasteiger partial charge in [-0.15, -0.1) is 0 Å². The first-order valence-corrected chi connectivity index (χ1v) is 7.80. The van der Waals surface area contributed by atoms with E-state index < -0.39 is 18.6 Å². The Morgan fingerprint density at radius 2 is 1.65 bits per heavy atom. The molecule has 0 saturated carbocycles. The van der Waals surface area contributed by atoms with E-state index in [0.717, 1.165) is 0 Å². The normalized spacial score (nSPS) is 14.5. The Bertz CT molecular complexity index is 290. The molecule has 0 aliphatic rings. The Labute approximate surface area is 111 Å². The van der Waals surface area contributed by atoms with E-state index in [9.17, 15) is 9.36 Å². The Morgan fingerprint density at radius 1 is 1.24 bits per heavy atom. The van der Waals surface area contributed by atoms with Crippen molar-refractivity contribution in [3.63, 3.8) is 0 Å². The summed E-state index contributed by atoms with van der Waals surface area (Å²) in [6, 6.07) is 0. The molecule has 0 aromatic rings. The van der Waals surface area contributed by atoms with Gasteiger partial charge in [0, 0.05) is 0 Å². The van der Waals surface area contributed by atoms with Crippen molar-refractivity contribution in [1.82, 2.24) is 0 Å². The first kappa shape index (κ1) is 17.1. The van der Waals surface area contributed by atoms with E-state index in [0.29, 0.717) is 0 Å². The standard InChI is InChI=1S/C10H20BrO5P/c1-6-14-17(13,15-7-2)16-9(12)8(11)10(3,4)5/h8H,6-7H2,1-5H3. The molecule has 5 nitrogen and oxygen atoms in total. The number of phosphoric ester groups is 1. The van der Waals surface area contributed by atoms with Gasteiger partial charge in [0.2, 0.25) is 0 Å². The zero-order valence-corrected chi connectivity index (χ0v) is 13.3. The van der Waals surface area contributed by atoms with E-state index in [-0.39, 0.29) is 18.6 Å².